The quantitative estimate of drug-likeness (QED) is 0.517. The van der Waals surface area contributed by atoms with E-state index in [2.05, 4.69) is 19.9 Å². The molecule has 0 radical (unpaired) electrons. The highest BCUT2D eigenvalue weighted by Crippen LogP contribution is 2.22. The Bertz CT molecular complexity index is 1230. The normalized spacial score (nSPS) is 11.2. The molecule has 3 heterocycles. The van der Waals surface area contributed by atoms with Gasteiger partial charge in [0.25, 0.3) is 5.56 Å². The van der Waals surface area contributed by atoms with Crippen LogP contribution in [0.25, 0.3) is 21.6 Å². The van der Waals surface area contributed by atoms with Crippen LogP contribution in [0.3, 0.4) is 0 Å². The highest BCUT2D eigenvalue weighted by Gasteiger charge is 2.20. The summed E-state index contributed by atoms with van der Waals surface area (Å²) in [5.41, 5.74) is 1.91. The van der Waals surface area contributed by atoms with E-state index < -0.39 is 0 Å². The van der Waals surface area contributed by atoms with Crippen molar-refractivity contribution in [1.29, 1.82) is 0 Å². The van der Waals surface area contributed by atoms with Crippen LogP contribution >= 0.6 is 11.3 Å². The van der Waals surface area contributed by atoms with Gasteiger partial charge < -0.3 is 9.88 Å². The average Bonchev–Trinajstić information content (AvgIpc) is 3.21. The van der Waals surface area contributed by atoms with Gasteiger partial charge in [0.2, 0.25) is 5.91 Å². The molecule has 0 saturated heterocycles. The van der Waals surface area contributed by atoms with Crippen molar-refractivity contribution in [3.63, 3.8) is 0 Å². The topological polar surface area (TPSA) is 91.8 Å². The standard InChI is InChI=1S/C22H21N5O2S/c1-14(2)27(12-19-25-17-8-4-3-7-16(17)21(29)26-19)20(28)11-15-13-30-22(24-15)18-9-5-6-10-23-18/h3-10,13-14H,11-12H2,1-2H3,(H,25,26,29). The van der Waals surface area contributed by atoms with Crippen LogP contribution in [0.2, 0.25) is 0 Å². The van der Waals surface area contributed by atoms with Crippen molar-refractivity contribution in [2.24, 2.45) is 0 Å². The first-order valence-corrected chi connectivity index (χ1v) is 10.5. The van der Waals surface area contributed by atoms with Gasteiger partial charge >= 0.3 is 0 Å². The Kier molecular flexibility index (Phi) is 5.67. The molecule has 0 aliphatic rings. The monoisotopic (exact) mass is 419 g/mol. The molecule has 0 saturated carbocycles. The number of benzene rings is 1. The second kappa shape index (κ2) is 8.54. The average molecular weight is 420 g/mol. The van der Waals surface area contributed by atoms with E-state index in [0.717, 1.165) is 10.7 Å². The molecular weight excluding hydrogens is 398 g/mol. The van der Waals surface area contributed by atoms with Gasteiger partial charge in [0.05, 0.1) is 35.3 Å². The van der Waals surface area contributed by atoms with Crippen LogP contribution in [0, 0.1) is 0 Å². The summed E-state index contributed by atoms with van der Waals surface area (Å²) in [6, 6.07) is 12.8. The number of carbonyl (C=O) groups is 1. The van der Waals surface area contributed by atoms with Crippen LogP contribution in [-0.4, -0.2) is 36.8 Å². The number of thiazole rings is 1. The van der Waals surface area contributed by atoms with Gasteiger partial charge in [-0.2, -0.15) is 0 Å². The fraction of sp³-hybridized carbons (Fsp3) is 0.227. The molecule has 0 aliphatic carbocycles. The lowest BCUT2D eigenvalue weighted by Gasteiger charge is -2.26. The zero-order chi connectivity index (χ0) is 21.1. The molecular formula is C22H21N5O2S. The molecule has 1 amide bonds. The van der Waals surface area contributed by atoms with E-state index in [1.54, 1.807) is 29.3 Å². The van der Waals surface area contributed by atoms with Gasteiger partial charge in [0, 0.05) is 17.6 Å². The SMILES string of the molecule is CC(C)N(Cc1nc2ccccc2c(=O)[nH]1)C(=O)Cc1csc(-c2ccccn2)n1. The Morgan fingerprint density at radius 3 is 2.70 bits per heavy atom. The molecule has 7 nitrogen and oxygen atoms in total. The van der Waals surface area contributed by atoms with Crippen molar-refractivity contribution in [1.82, 2.24) is 24.8 Å². The maximum absolute atomic E-state index is 13.0. The summed E-state index contributed by atoms with van der Waals surface area (Å²) < 4.78 is 0. The predicted molar refractivity (Wildman–Crippen MR) is 117 cm³/mol. The minimum atomic E-state index is -0.203. The number of nitrogens with zero attached hydrogens (tertiary/aromatic N) is 4. The number of H-pyrrole nitrogens is 1. The molecule has 1 aromatic carbocycles. The third-order valence-electron chi connectivity index (χ3n) is 4.69. The highest BCUT2D eigenvalue weighted by molar-refractivity contribution is 7.13. The van der Waals surface area contributed by atoms with Gasteiger partial charge in [0.15, 0.2) is 0 Å². The Labute approximate surface area is 177 Å². The molecule has 0 bridgehead atoms. The van der Waals surface area contributed by atoms with E-state index in [1.807, 2.05) is 43.5 Å². The number of fused-ring (bicyclic) bond motifs is 1. The number of hydrogen-bond acceptors (Lipinski definition) is 6. The molecule has 3 aromatic heterocycles. The molecule has 8 heteroatoms. The second-order valence-corrected chi connectivity index (χ2v) is 8.04. The van der Waals surface area contributed by atoms with Crippen LogP contribution in [-0.2, 0) is 17.8 Å². The van der Waals surface area contributed by atoms with Crippen molar-refractivity contribution in [3.8, 4) is 10.7 Å². The van der Waals surface area contributed by atoms with Crippen LogP contribution in [0.5, 0.6) is 0 Å². The molecule has 0 fully saturated rings. The van der Waals surface area contributed by atoms with Gasteiger partial charge in [-0.25, -0.2) is 9.97 Å². The van der Waals surface area contributed by atoms with Crippen molar-refractivity contribution in [3.05, 3.63) is 75.9 Å². The number of rotatable bonds is 6. The maximum atomic E-state index is 13.0. The lowest BCUT2D eigenvalue weighted by Crippen LogP contribution is -2.38. The van der Waals surface area contributed by atoms with Crippen molar-refractivity contribution in [2.75, 3.05) is 0 Å². The smallest absolute Gasteiger partial charge is 0.258 e. The number of pyridine rings is 1. The lowest BCUT2D eigenvalue weighted by atomic mass is 10.2. The van der Waals surface area contributed by atoms with Gasteiger partial charge in [-0.1, -0.05) is 18.2 Å². The van der Waals surface area contributed by atoms with Crippen molar-refractivity contribution >= 4 is 28.1 Å². The number of nitrogens with one attached hydrogen (secondary N) is 1. The first-order chi connectivity index (χ1) is 14.5. The van der Waals surface area contributed by atoms with Gasteiger partial charge in [-0.05, 0) is 38.1 Å². The number of hydrogen-bond donors (Lipinski definition) is 1. The Morgan fingerprint density at radius 2 is 1.93 bits per heavy atom. The minimum Gasteiger partial charge on any atom is -0.332 e. The van der Waals surface area contributed by atoms with Crippen LogP contribution in [0.15, 0.2) is 58.8 Å². The third kappa shape index (κ3) is 4.28. The highest BCUT2D eigenvalue weighted by atomic mass is 32.1. The summed E-state index contributed by atoms with van der Waals surface area (Å²) in [5, 5.41) is 3.21. The molecule has 4 rings (SSSR count). The van der Waals surface area contributed by atoms with Crippen molar-refractivity contribution in [2.45, 2.75) is 32.9 Å². The van der Waals surface area contributed by atoms with Crippen LogP contribution in [0.4, 0.5) is 0 Å². The Morgan fingerprint density at radius 1 is 1.13 bits per heavy atom. The van der Waals surface area contributed by atoms with Crippen LogP contribution in [0.1, 0.15) is 25.4 Å². The zero-order valence-electron chi connectivity index (χ0n) is 16.7. The lowest BCUT2D eigenvalue weighted by molar-refractivity contribution is -0.133. The van der Waals surface area contributed by atoms with E-state index in [9.17, 15) is 9.59 Å². The molecule has 4 aromatic rings. The fourth-order valence-electron chi connectivity index (χ4n) is 3.18. The zero-order valence-corrected chi connectivity index (χ0v) is 17.5. The van der Waals surface area contributed by atoms with Gasteiger partial charge in [-0.15, -0.1) is 11.3 Å². The summed E-state index contributed by atoms with van der Waals surface area (Å²) in [5.74, 6) is 0.395. The first kappa shape index (κ1) is 19.9. The summed E-state index contributed by atoms with van der Waals surface area (Å²) in [4.78, 5) is 43.2. The van der Waals surface area contributed by atoms with Crippen molar-refractivity contribution < 1.29 is 4.79 Å². The molecule has 152 valence electrons. The molecule has 0 spiro atoms. The Balaban J connectivity index is 1.53. The van der Waals surface area contributed by atoms with E-state index >= 15 is 0 Å². The second-order valence-electron chi connectivity index (χ2n) is 7.18. The molecule has 0 atom stereocenters. The molecule has 1 N–H and O–H groups in total. The summed E-state index contributed by atoms with van der Waals surface area (Å²) in [7, 11) is 0. The third-order valence-corrected chi connectivity index (χ3v) is 5.61. The first-order valence-electron chi connectivity index (χ1n) is 9.64. The summed E-state index contributed by atoms with van der Waals surface area (Å²) in [6.07, 6.45) is 1.90. The predicted octanol–water partition coefficient (Wildman–Crippen LogP) is 3.42. The van der Waals surface area contributed by atoms with E-state index in [1.165, 1.54) is 11.3 Å². The summed E-state index contributed by atoms with van der Waals surface area (Å²) in [6.45, 7) is 4.11. The van der Waals surface area contributed by atoms with Crippen LogP contribution < -0.4 is 5.56 Å². The largest absolute Gasteiger partial charge is 0.332 e. The maximum Gasteiger partial charge on any atom is 0.258 e. The molecule has 0 unspecified atom stereocenters. The minimum absolute atomic E-state index is 0.0526. The number of aromatic amines is 1. The number of carbonyl (C=O) groups excluding carboxylic acids is 1. The number of para-hydroxylation sites is 1. The van der Waals surface area contributed by atoms with E-state index in [-0.39, 0.29) is 30.5 Å². The molecule has 0 aliphatic heterocycles. The fourth-order valence-corrected chi connectivity index (χ4v) is 3.98. The number of aromatic nitrogens is 4. The van der Waals surface area contributed by atoms with E-state index in [4.69, 9.17) is 0 Å². The Hall–Kier alpha value is -3.39. The van der Waals surface area contributed by atoms with Gasteiger partial charge in [-0.3, -0.25) is 14.6 Å². The summed E-state index contributed by atoms with van der Waals surface area (Å²) >= 11 is 1.47. The van der Waals surface area contributed by atoms with E-state index in [0.29, 0.717) is 22.4 Å². The number of amides is 1. The molecule has 30 heavy (non-hydrogen) atoms. The van der Waals surface area contributed by atoms with Gasteiger partial charge in [0.1, 0.15) is 10.8 Å².